The van der Waals surface area contributed by atoms with Crippen molar-refractivity contribution in [2.75, 3.05) is 0 Å². The van der Waals surface area contributed by atoms with E-state index in [1.54, 1.807) is 37.3 Å². The lowest BCUT2D eigenvalue weighted by molar-refractivity contribution is -0.133. The van der Waals surface area contributed by atoms with E-state index in [0.29, 0.717) is 16.6 Å². The van der Waals surface area contributed by atoms with Crippen molar-refractivity contribution >= 4 is 17.8 Å². The van der Waals surface area contributed by atoms with Crippen molar-refractivity contribution in [3.63, 3.8) is 0 Å². The van der Waals surface area contributed by atoms with Crippen LogP contribution in [0.25, 0.3) is 0 Å². The molecular weight excluding hydrogens is 344 g/mol. The van der Waals surface area contributed by atoms with Crippen molar-refractivity contribution in [3.8, 4) is 0 Å². The number of benzene rings is 2. The first-order chi connectivity index (χ1) is 12.4. The van der Waals surface area contributed by atoms with Crippen molar-refractivity contribution in [2.24, 2.45) is 0 Å². The van der Waals surface area contributed by atoms with Crippen LogP contribution in [0.5, 0.6) is 0 Å². The zero-order valence-electron chi connectivity index (χ0n) is 13.8. The van der Waals surface area contributed by atoms with Crippen LogP contribution >= 0.6 is 0 Å². The number of nitrogens with one attached hydrogen (secondary N) is 2. The van der Waals surface area contributed by atoms with Gasteiger partial charge in [0.1, 0.15) is 5.54 Å². The zero-order valence-corrected chi connectivity index (χ0v) is 13.8. The van der Waals surface area contributed by atoms with E-state index in [1.165, 1.54) is 0 Å². The Morgan fingerprint density at radius 2 is 1.81 bits per heavy atom. The van der Waals surface area contributed by atoms with Gasteiger partial charge in [0.05, 0.1) is 0 Å². The van der Waals surface area contributed by atoms with E-state index in [0.717, 1.165) is 12.1 Å². The highest BCUT2D eigenvalue weighted by atomic mass is 19.2. The third-order valence-corrected chi connectivity index (χ3v) is 4.28. The smallest absolute Gasteiger partial charge is 0.318 e. The number of carbonyl (C=O) groups excluding carboxylic acids is 3. The summed E-state index contributed by atoms with van der Waals surface area (Å²) in [4.78, 5) is 37.3. The summed E-state index contributed by atoms with van der Waals surface area (Å²) in [6.45, 7) is 1.73. The molecule has 2 aromatic rings. The van der Waals surface area contributed by atoms with Crippen LogP contribution in [0.2, 0.25) is 0 Å². The van der Waals surface area contributed by atoms with Gasteiger partial charge in [0.25, 0.3) is 11.8 Å². The molecule has 4 amide bonds. The Kier molecular flexibility index (Phi) is 4.41. The predicted octanol–water partition coefficient (Wildman–Crippen LogP) is 2.47. The van der Waals surface area contributed by atoms with Gasteiger partial charge in [0.2, 0.25) is 0 Å². The highest BCUT2D eigenvalue weighted by Crippen LogP contribution is 2.31. The SMILES string of the molecule is CC[C@@]1(c2ccccc2)NC(=O)N(NC(=O)c2ccc(F)c(F)c2)C1=O. The number of carbonyl (C=O) groups is 3. The summed E-state index contributed by atoms with van der Waals surface area (Å²) in [6.07, 6.45) is 0.263. The van der Waals surface area contributed by atoms with Crippen LogP contribution in [0.3, 0.4) is 0 Å². The van der Waals surface area contributed by atoms with E-state index in [-0.39, 0.29) is 12.0 Å². The second kappa shape index (κ2) is 6.55. The average Bonchev–Trinajstić information content (AvgIpc) is 2.89. The summed E-state index contributed by atoms with van der Waals surface area (Å²) in [5, 5.41) is 3.15. The summed E-state index contributed by atoms with van der Waals surface area (Å²) >= 11 is 0. The number of amides is 4. The number of hydrazine groups is 1. The molecule has 0 aliphatic carbocycles. The van der Waals surface area contributed by atoms with Crippen molar-refractivity contribution in [1.82, 2.24) is 15.8 Å². The first-order valence-electron chi connectivity index (χ1n) is 7.87. The van der Waals surface area contributed by atoms with Crippen molar-refractivity contribution in [1.29, 1.82) is 0 Å². The van der Waals surface area contributed by atoms with E-state index in [9.17, 15) is 23.2 Å². The van der Waals surface area contributed by atoms with Crippen molar-refractivity contribution in [2.45, 2.75) is 18.9 Å². The van der Waals surface area contributed by atoms with Gasteiger partial charge in [-0.3, -0.25) is 15.0 Å². The average molecular weight is 359 g/mol. The second-order valence-corrected chi connectivity index (χ2v) is 5.77. The predicted molar refractivity (Wildman–Crippen MR) is 87.6 cm³/mol. The molecule has 26 heavy (non-hydrogen) atoms. The molecule has 1 heterocycles. The first kappa shape index (κ1) is 17.5. The molecule has 0 aromatic heterocycles. The molecule has 2 aromatic carbocycles. The van der Waals surface area contributed by atoms with Gasteiger partial charge in [-0.25, -0.2) is 13.6 Å². The highest BCUT2D eigenvalue weighted by Gasteiger charge is 2.52. The fourth-order valence-corrected chi connectivity index (χ4v) is 2.84. The minimum atomic E-state index is -1.31. The second-order valence-electron chi connectivity index (χ2n) is 5.77. The third-order valence-electron chi connectivity index (χ3n) is 4.28. The molecule has 6 nitrogen and oxygen atoms in total. The Balaban J connectivity index is 1.87. The Morgan fingerprint density at radius 1 is 1.12 bits per heavy atom. The molecule has 2 N–H and O–H groups in total. The molecule has 3 rings (SSSR count). The maximum atomic E-state index is 13.3. The van der Waals surface area contributed by atoms with E-state index >= 15 is 0 Å². The van der Waals surface area contributed by atoms with Crippen LogP contribution in [0.15, 0.2) is 48.5 Å². The van der Waals surface area contributed by atoms with Gasteiger partial charge < -0.3 is 5.32 Å². The van der Waals surface area contributed by atoms with Gasteiger partial charge in [-0.1, -0.05) is 37.3 Å². The molecule has 1 aliphatic rings. The lowest BCUT2D eigenvalue weighted by atomic mass is 9.87. The molecule has 134 valence electrons. The van der Waals surface area contributed by atoms with Crippen molar-refractivity contribution < 1.29 is 23.2 Å². The molecule has 1 atom stereocenters. The number of nitrogens with zero attached hydrogens (tertiary/aromatic N) is 1. The fraction of sp³-hybridized carbons (Fsp3) is 0.167. The highest BCUT2D eigenvalue weighted by molar-refractivity contribution is 6.09. The quantitative estimate of drug-likeness (QED) is 0.823. The minimum Gasteiger partial charge on any atom is -0.318 e. The Hall–Kier alpha value is -3.29. The van der Waals surface area contributed by atoms with Gasteiger partial charge in [0, 0.05) is 5.56 Å². The van der Waals surface area contributed by atoms with Gasteiger partial charge in [-0.15, -0.1) is 0 Å². The maximum absolute atomic E-state index is 13.3. The third kappa shape index (κ3) is 2.79. The van der Waals surface area contributed by atoms with Crippen LogP contribution < -0.4 is 10.7 Å². The molecule has 1 fully saturated rings. The minimum absolute atomic E-state index is 0.224. The summed E-state index contributed by atoms with van der Waals surface area (Å²) < 4.78 is 26.3. The summed E-state index contributed by atoms with van der Waals surface area (Å²) in [7, 11) is 0. The molecular formula is C18H15F2N3O3. The fourth-order valence-electron chi connectivity index (χ4n) is 2.84. The standard InChI is InChI=1S/C18H15F2N3O3/c1-2-18(12-6-4-3-5-7-12)16(25)23(17(26)21-18)22-15(24)11-8-9-13(19)14(20)10-11/h3-10H,2H2,1H3,(H,21,26)(H,22,24)/t18-/m0/s1. The van der Waals surface area contributed by atoms with Gasteiger partial charge in [-0.05, 0) is 30.2 Å². The Labute approximate surface area is 147 Å². The molecule has 0 saturated carbocycles. The first-order valence-corrected chi connectivity index (χ1v) is 7.87. The maximum Gasteiger partial charge on any atom is 0.344 e. The van der Waals surface area contributed by atoms with Crippen LogP contribution in [0.1, 0.15) is 29.3 Å². The number of urea groups is 1. The number of hydrogen-bond donors (Lipinski definition) is 2. The van der Waals surface area contributed by atoms with Crippen LogP contribution in [-0.2, 0) is 10.3 Å². The van der Waals surface area contributed by atoms with Crippen LogP contribution in [-0.4, -0.2) is 22.9 Å². The zero-order chi connectivity index (χ0) is 18.9. The largest absolute Gasteiger partial charge is 0.344 e. The summed E-state index contributed by atoms with van der Waals surface area (Å²) in [6, 6.07) is 10.3. The number of imide groups is 1. The lowest BCUT2D eigenvalue weighted by Crippen LogP contribution is -2.48. The molecule has 1 aliphatic heterocycles. The lowest BCUT2D eigenvalue weighted by Gasteiger charge is -2.25. The van der Waals surface area contributed by atoms with E-state index in [4.69, 9.17) is 0 Å². The van der Waals surface area contributed by atoms with E-state index < -0.39 is 35.0 Å². The number of halogens is 2. The molecule has 0 bridgehead atoms. The van der Waals surface area contributed by atoms with E-state index in [1.807, 2.05) is 0 Å². The molecule has 0 unspecified atom stereocenters. The van der Waals surface area contributed by atoms with Gasteiger partial charge >= 0.3 is 6.03 Å². The van der Waals surface area contributed by atoms with Crippen LogP contribution in [0.4, 0.5) is 13.6 Å². The van der Waals surface area contributed by atoms with Gasteiger partial charge in [-0.2, -0.15) is 5.01 Å². The Bertz CT molecular complexity index is 889. The van der Waals surface area contributed by atoms with Crippen LogP contribution in [0, 0.1) is 11.6 Å². The van der Waals surface area contributed by atoms with E-state index in [2.05, 4.69) is 10.7 Å². The number of rotatable bonds is 4. The monoisotopic (exact) mass is 359 g/mol. The topological polar surface area (TPSA) is 78.5 Å². The molecule has 0 radical (unpaired) electrons. The summed E-state index contributed by atoms with van der Waals surface area (Å²) in [5.41, 5.74) is 1.19. The number of hydrogen-bond acceptors (Lipinski definition) is 3. The Morgan fingerprint density at radius 3 is 2.42 bits per heavy atom. The van der Waals surface area contributed by atoms with Gasteiger partial charge in [0.15, 0.2) is 11.6 Å². The van der Waals surface area contributed by atoms with Crippen molar-refractivity contribution in [3.05, 3.63) is 71.3 Å². The molecule has 1 saturated heterocycles. The summed E-state index contributed by atoms with van der Waals surface area (Å²) in [5.74, 6) is -3.88. The molecule has 0 spiro atoms. The molecule has 8 heteroatoms. The normalized spacial score (nSPS) is 19.4.